The Morgan fingerprint density at radius 3 is 2.82 bits per heavy atom. The number of hydrogen-bond acceptors (Lipinski definition) is 4. The predicted molar refractivity (Wildman–Crippen MR) is 103 cm³/mol. The van der Waals surface area contributed by atoms with Crippen LogP contribution in [0.4, 0.5) is 4.39 Å². The number of nitrogens with one attached hydrogen (secondary N) is 1. The number of amides is 2. The zero-order valence-corrected chi connectivity index (χ0v) is 16.2. The fourth-order valence-corrected chi connectivity index (χ4v) is 3.59. The van der Waals surface area contributed by atoms with Crippen LogP contribution in [0.1, 0.15) is 35.0 Å². The fraction of sp³-hybridized carbons (Fsp3) is 0.429. The van der Waals surface area contributed by atoms with Gasteiger partial charge in [-0.15, -0.1) is 0 Å². The van der Waals surface area contributed by atoms with Crippen molar-refractivity contribution in [2.45, 2.75) is 18.9 Å². The maximum Gasteiger partial charge on any atom is 0.289 e. The molecule has 3 rings (SSSR count). The Balaban J connectivity index is 1.59. The first-order valence-electron chi connectivity index (χ1n) is 9.48. The maximum atomic E-state index is 13.6. The molecule has 0 bridgehead atoms. The Labute approximate surface area is 164 Å². The first-order valence-corrected chi connectivity index (χ1v) is 9.48. The molecular weight excluding hydrogens is 361 g/mol. The predicted octanol–water partition coefficient (Wildman–Crippen LogP) is 2.69. The Hall–Kier alpha value is -2.67. The van der Waals surface area contributed by atoms with E-state index < -0.39 is 0 Å². The minimum atomic E-state index is -0.296. The monoisotopic (exact) mass is 387 g/mol. The lowest BCUT2D eigenvalue weighted by Gasteiger charge is -2.32. The van der Waals surface area contributed by atoms with E-state index in [4.69, 9.17) is 4.42 Å². The van der Waals surface area contributed by atoms with Gasteiger partial charge in [0.05, 0.1) is 18.2 Å². The number of nitrogens with zero attached hydrogens (tertiary/aromatic N) is 2. The van der Waals surface area contributed by atoms with Gasteiger partial charge in [-0.25, -0.2) is 4.39 Å². The number of carbonyl (C=O) groups excluding carboxylic acids is 2. The fourth-order valence-electron chi connectivity index (χ4n) is 3.59. The number of furan rings is 1. The van der Waals surface area contributed by atoms with Gasteiger partial charge in [-0.2, -0.15) is 0 Å². The summed E-state index contributed by atoms with van der Waals surface area (Å²) in [5.41, 5.74) is 0.809. The highest BCUT2D eigenvalue weighted by Crippen LogP contribution is 2.21. The van der Waals surface area contributed by atoms with Crippen molar-refractivity contribution in [2.24, 2.45) is 5.92 Å². The number of likely N-dealkylation sites (N-methyl/N-ethyl adjacent to an activating group) is 1. The maximum absolute atomic E-state index is 13.6. The van der Waals surface area contributed by atoms with E-state index in [1.54, 1.807) is 23.1 Å². The van der Waals surface area contributed by atoms with Crippen LogP contribution in [0.3, 0.4) is 0 Å². The molecule has 2 amide bonds. The highest BCUT2D eigenvalue weighted by molar-refractivity contribution is 5.92. The van der Waals surface area contributed by atoms with Crippen LogP contribution in [-0.4, -0.2) is 55.3 Å². The van der Waals surface area contributed by atoms with Gasteiger partial charge in [-0.1, -0.05) is 12.1 Å². The number of halogens is 1. The highest BCUT2D eigenvalue weighted by atomic mass is 19.1. The van der Waals surface area contributed by atoms with E-state index in [0.29, 0.717) is 25.4 Å². The summed E-state index contributed by atoms with van der Waals surface area (Å²) in [7, 11) is 3.79. The normalized spacial score (nSPS) is 18.1. The smallest absolute Gasteiger partial charge is 0.289 e. The van der Waals surface area contributed by atoms with E-state index in [0.717, 1.165) is 18.4 Å². The van der Waals surface area contributed by atoms with Gasteiger partial charge in [0.15, 0.2) is 5.76 Å². The van der Waals surface area contributed by atoms with Crippen molar-refractivity contribution >= 4 is 11.8 Å². The molecule has 0 aliphatic carbocycles. The summed E-state index contributed by atoms with van der Waals surface area (Å²) in [5, 5.41) is 2.98. The van der Waals surface area contributed by atoms with Crippen LogP contribution in [-0.2, 0) is 4.79 Å². The molecule has 1 aliphatic rings. The molecule has 0 unspecified atom stereocenters. The van der Waals surface area contributed by atoms with Gasteiger partial charge < -0.3 is 19.5 Å². The molecule has 28 heavy (non-hydrogen) atoms. The highest BCUT2D eigenvalue weighted by Gasteiger charge is 2.30. The van der Waals surface area contributed by atoms with Crippen LogP contribution in [0.2, 0.25) is 0 Å². The van der Waals surface area contributed by atoms with Crippen molar-refractivity contribution in [1.82, 2.24) is 15.1 Å². The summed E-state index contributed by atoms with van der Waals surface area (Å²) < 4.78 is 18.7. The first kappa shape index (κ1) is 20.1. The third-order valence-corrected chi connectivity index (χ3v) is 5.14. The van der Waals surface area contributed by atoms with E-state index in [-0.39, 0.29) is 29.6 Å². The topological polar surface area (TPSA) is 65.8 Å². The lowest BCUT2D eigenvalue weighted by atomic mass is 9.96. The second-order valence-electron chi connectivity index (χ2n) is 7.35. The Morgan fingerprint density at radius 2 is 2.14 bits per heavy atom. The largest absolute Gasteiger partial charge is 0.459 e. The Morgan fingerprint density at radius 1 is 1.32 bits per heavy atom. The van der Waals surface area contributed by atoms with Crippen LogP contribution in [0, 0.1) is 11.7 Å². The van der Waals surface area contributed by atoms with Crippen molar-refractivity contribution < 1.29 is 18.4 Å². The number of likely N-dealkylation sites (tertiary alicyclic amines) is 1. The molecule has 1 aromatic carbocycles. The average Bonchev–Trinajstić information content (AvgIpc) is 3.22. The van der Waals surface area contributed by atoms with Gasteiger partial charge in [0, 0.05) is 19.6 Å². The van der Waals surface area contributed by atoms with Gasteiger partial charge in [-0.05, 0) is 56.8 Å². The molecule has 0 radical (unpaired) electrons. The van der Waals surface area contributed by atoms with Crippen molar-refractivity contribution in [3.05, 3.63) is 59.8 Å². The Kier molecular flexibility index (Phi) is 6.46. The van der Waals surface area contributed by atoms with Crippen molar-refractivity contribution in [1.29, 1.82) is 0 Å². The van der Waals surface area contributed by atoms with E-state index in [9.17, 15) is 14.0 Å². The second kappa shape index (κ2) is 9.01. The summed E-state index contributed by atoms with van der Waals surface area (Å²) in [5.74, 6) is -0.536. The van der Waals surface area contributed by atoms with Crippen LogP contribution >= 0.6 is 0 Å². The van der Waals surface area contributed by atoms with E-state index in [1.165, 1.54) is 18.4 Å². The average molecular weight is 387 g/mol. The lowest BCUT2D eigenvalue weighted by Crippen LogP contribution is -2.46. The summed E-state index contributed by atoms with van der Waals surface area (Å²) in [6, 6.07) is 9.58. The molecule has 1 aromatic heterocycles. The standard InChI is InChI=1S/C21H26FN3O3/c1-24(2)18(15-6-3-8-17(22)12-15)13-23-20(26)16-7-4-10-25(14-16)21(27)19-9-5-11-28-19/h3,5-6,8-9,11-12,16,18H,4,7,10,13-14H2,1-2H3,(H,23,26)/t16-,18-/m1/s1. The summed E-state index contributed by atoms with van der Waals surface area (Å²) in [6.45, 7) is 1.36. The third-order valence-electron chi connectivity index (χ3n) is 5.14. The van der Waals surface area contributed by atoms with Crippen LogP contribution in [0.25, 0.3) is 0 Å². The third kappa shape index (κ3) is 4.78. The van der Waals surface area contributed by atoms with Crippen molar-refractivity contribution in [3.8, 4) is 0 Å². The van der Waals surface area contributed by atoms with Crippen LogP contribution < -0.4 is 5.32 Å². The zero-order valence-electron chi connectivity index (χ0n) is 16.2. The van der Waals surface area contributed by atoms with Crippen LogP contribution in [0.5, 0.6) is 0 Å². The zero-order chi connectivity index (χ0) is 20.1. The number of benzene rings is 1. The SMILES string of the molecule is CN(C)[C@H](CNC(=O)[C@@H]1CCCN(C(=O)c2ccco2)C1)c1cccc(F)c1. The molecule has 2 atom stereocenters. The van der Waals surface area contributed by atoms with Gasteiger partial charge in [0.2, 0.25) is 5.91 Å². The van der Waals surface area contributed by atoms with Gasteiger partial charge in [0.1, 0.15) is 5.82 Å². The molecule has 2 aromatic rings. The minimum absolute atomic E-state index is 0.0832. The van der Waals surface area contributed by atoms with Gasteiger partial charge in [0.25, 0.3) is 5.91 Å². The molecular formula is C21H26FN3O3. The molecule has 7 heteroatoms. The van der Waals surface area contributed by atoms with Crippen molar-refractivity contribution in [3.63, 3.8) is 0 Å². The van der Waals surface area contributed by atoms with E-state index in [2.05, 4.69) is 5.32 Å². The number of carbonyl (C=O) groups is 2. The summed E-state index contributed by atoms with van der Waals surface area (Å²) in [6.07, 6.45) is 2.97. The quantitative estimate of drug-likeness (QED) is 0.828. The Bertz CT molecular complexity index is 807. The number of hydrogen-bond donors (Lipinski definition) is 1. The number of piperidine rings is 1. The van der Waals surface area contributed by atoms with Gasteiger partial charge in [-0.3, -0.25) is 9.59 Å². The van der Waals surface area contributed by atoms with Crippen molar-refractivity contribution in [2.75, 3.05) is 33.7 Å². The molecule has 0 spiro atoms. The molecule has 1 aliphatic heterocycles. The molecule has 150 valence electrons. The molecule has 2 heterocycles. The van der Waals surface area contributed by atoms with Crippen LogP contribution in [0.15, 0.2) is 47.1 Å². The molecule has 0 saturated carbocycles. The van der Waals surface area contributed by atoms with E-state index in [1.807, 2.05) is 25.1 Å². The van der Waals surface area contributed by atoms with E-state index >= 15 is 0 Å². The summed E-state index contributed by atoms with van der Waals surface area (Å²) in [4.78, 5) is 28.8. The molecule has 1 N–H and O–H groups in total. The molecule has 1 fully saturated rings. The second-order valence-corrected chi connectivity index (χ2v) is 7.35. The molecule has 1 saturated heterocycles. The molecule has 6 nitrogen and oxygen atoms in total. The summed E-state index contributed by atoms with van der Waals surface area (Å²) >= 11 is 0. The number of rotatable bonds is 6. The van der Waals surface area contributed by atoms with Gasteiger partial charge >= 0.3 is 0 Å². The first-order chi connectivity index (χ1) is 13.5. The minimum Gasteiger partial charge on any atom is -0.459 e. The lowest BCUT2D eigenvalue weighted by molar-refractivity contribution is -0.126.